The molecule has 1 N–H and O–H groups in total. The number of anilines is 1. The zero-order chi connectivity index (χ0) is 29.6. The van der Waals surface area contributed by atoms with Crippen molar-refractivity contribution in [1.82, 2.24) is 10.2 Å². The number of nitrogens with zero attached hydrogens (tertiary/aromatic N) is 2. The van der Waals surface area contributed by atoms with E-state index in [1.165, 1.54) is 4.90 Å². The lowest BCUT2D eigenvalue weighted by molar-refractivity contribution is -0.140. The van der Waals surface area contributed by atoms with Gasteiger partial charge in [0.2, 0.25) is 11.8 Å². The van der Waals surface area contributed by atoms with Gasteiger partial charge in [0.25, 0.3) is 10.0 Å². The molecule has 2 amide bonds. The minimum absolute atomic E-state index is 0.0494. The predicted octanol–water partition coefficient (Wildman–Crippen LogP) is 5.79. The Morgan fingerprint density at radius 3 is 2.15 bits per heavy atom. The number of carbonyl (C=O) groups is 2. The molecule has 0 radical (unpaired) electrons. The lowest BCUT2D eigenvalue weighted by Gasteiger charge is -2.34. The van der Waals surface area contributed by atoms with Gasteiger partial charge in [-0.25, -0.2) is 8.42 Å². The molecule has 1 unspecified atom stereocenters. The van der Waals surface area contributed by atoms with Crippen molar-refractivity contribution >= 4 is 39.1 Å². The first kappa shape index (κ1) is 31.2. The zero-order valence-electron chi connectivity index (χ0n) is 23.9. The Labute approximate surface area is 243 Å². The average Bonchev–Trinajstić information content (AvgIpc) is 2.89. The number of halogens is 1. The van der Waals surface area contributed by atoms with Gasteiger partial charge in [-0.15, -0.1) is 0 Å². The van der Waals surface area contributed by atoms with Crippen LogP contribution in [0.2, 0.25) is 5.02 Å². The lowest BCUT2D eigenvalue weighted by atomic mass is 10.1. The fourth-order valence-electron chi connectivity index (χ4n) is 4.45. The summed E-state index contributed by atoms with van der Waals surface area (Å²) in [7, 11) is -4.13. The molecular formula is C31H38ClN3O4S. The second-order valence-electron chi connectivity index (χ2n) is 10.3. The van der Waals surface area contributed by atoms with Crippen LogP contribution in [0.1, 0.15) is 49.4 Å². The number of amides is 2. The van der Waals surface area contributed by atoms with E-state index in [4.69, 9.17) is 11.6 Å². The summed E-state index contributed by atoms with van der Waals surface area (Å²) in [4.78, 5) is 28.9. The van der Waals surface area contributed by atoms with E-state index in [0.717, 1.165) is 15.4 Å². The third-order valence-electron chi connectivity index (χ3n) is 6.64. The van der Waals surface area contributed by atoms with Crippen molar-refractivity contribution in [3.8, 4) is 0 Å². The predicted molar refractivity (Wildman–Crippen MR) is 161 cm³/mol. The normalized spacial score (nSPS) is 12.2. The number of carbonyl (C=O) groups excluding carboxylic acids is 2. The molecule has 0 spiro atoms. The summed E-state index contributed by atoms with van der Waals surface area (Å²) in [5.41, 5.74) is 3.55. The summed E-state index contributed by atoms with van der Waals surface area (Å²) in [5, 5.41) is 3.35. The molecule has 0 aliphatic rings. The first-order valence-corrected chi connectivity index (χ1v) is 15.2. The van der Waals surface area contributed by atoms with Gasteiger partial charge in [-0.2, -0.15) is 0 Å². The summed E-state index contributed by atoms with van der Waals surface area (Å²) < 4.78 is 29.3. The summed E-state index contributed by atoms with van der Waals surface area (Å²) in [5.74, 6) is -0.820. The smallest absolute Gasteiger partial charge is 0.264 e. The molecule has 0 heterocycles. The number of nitrogens with one attached hydrogen (secondary N) is 1. The van der Waals surface area contributed by atoms with Gasteiger partial charge in [-0.05, 0) is 82.0 Å². The number of hydrogen-bond donors (Lipinski definition) is 1. The van der Waals surface area contributed by atoms with Crippen molar-refractivity contribution in [3.63, 3.8) is 0 Å². The van der Waals surface area contributed by atoms with Crippen LogP contribution < -0.4 is 9.62 Å². The average molecular weight is 584 g/mol. The minimum Gasteiger partial charge on any atom is -0.352 e. The molecule has 9 heteroatoms. The first-order valence-electron chi connectivity index (χ1n) is 13.3. The van der Waals surface area contributed by atoms with Crippen molar-refractivity contribution in [2.75, 3.05) is 10.8 Å². The lowest BCUT2D eigenvalue weighted by Crippen LogP contribution is -2.53. The van der Waals surface area contributed by atoms with Crippen molar-refractivity contribution < 1.29 is 18.0 Å². The van der Waals surface area contributed by atoms with Crippen LogP contribution in [0.25, 0.3) is 0 Å². The molecule has 1 atom stereocenters. The fraction of sp³-hybridized carbons (Fsp3) is 0.355. The Balaban J connectivity index is 2.12. The molecule has 0 fully saturated rings. The largest absolute Gasteiger partial charge is 0.352 e. The molecule has 0 aliphatic carbocycles. The maximum absolute atomic E-state index is 14.2. The Morgan fingerprint density at radius 2 is 1.55 bits per heavy atom. The van der Waals surface area contributed by atoms with Crippen LogP contribution in [0.3, 0.4) is 0 Å². The summed E-state index contributed by atoms with van der Waals surface area (Å²) in [6.45, 7) is 10.6. The molecule has 214 valence electrons. The molecule has 0 saturated heterocycles. The fourth-order valence-corrected chi connectivity index (χ4v) is 6.12. The quantitative estimate of drug-likeness (QED) is 0.309. The van der Waals surface area contributed by atoms with Crippen LogP contribution in [0.15, 0.2) is 71.6 Å². The highest BCUT2D eigenvalue weighted by atomic mass is 35.5. The molecule has 3 aromatic carbocycles. The van der Waals surface area contributed by atoms with E-state index in [9.17, 15) is 18.0 Å². The molecule has 0 aliphatic heterocycles. The maximum Gasteiger partial charge on any atom is 0.264 e. The SMILES string of the molecule is CCC(C(=O)NC(C)C)N(Cc1ccccc1Cl)C(=O)CN(c1cc(C)ccc1C)S(=O)(=O)c1ccc(C)cc1. The highest BCUT2D eigenvalue weighted by Gasteiger charge is 2.34. The maximum atomic E-state index is 14.2. The van der Waals surface area contributed by atoms with E-state index in [-0.39, 0.29) is 23.4 Å². The molecule has 7 nitrogen and oxygen atoms in total. The Hall–Kier alpha value is -3.36. The van der Waals surface area contributed by atoms with Crippen molar-refractivity contribution in [3.05, 3.63) is 94.0 Å². The molecule has 40 heavy (non-hydrogen) atoms. The number of hydrogen-bond acceptors (Lipinski definition) is 4. The summed E-state index contributed by atoms with van der Waals surface area (Å²) in [6, 6.07) is 18.2. The molecule has 3 aromatic rings. The van der Waals surface area contributed by atoms with Crippen LogP contribution in [-0.4, -0.2) is 43.8 Å². The standard InChI is InChI=1S/C31H38ClN3O4S/c1-7-28(31(37)33-21(2)3)34(19-25-10-8-9-11-27(25)32)30(36)20-35(29-18-23(5)12-15-24(29)6)40(38,39)26-16-13-22(4)14-17-26/h8-18,21,28H,7,19-20H2,1-6H3,(H,33,37). The minimum atomic E-state index is -4.13. The molecule has 0 saturated carbocycles. The molecule has 0 bridgehead atoms. The highest BCUT2D eigenvalue weighted by Crippen LogP contribution is 2.29. The van der Waals surface area contributed by atoms with Gasteiger partial charge in [-0.1, -0.05) is 66.6 Å². The van der Waals surface area contributed by atoms with Crippen LogP contribution in [0, 0.1) is 20.8 Å². The van der Waals surface area contributed by atoms with E-state index in [0.29, 0.717) is 28.3 Å². The van der Waals surface area contributed by atoms with E-state index in [2.05, 4.69) is 5.32 Å². The van der Waals surface area contributed by atoms with Crippen LogP contribution in [0.4, 0.5) is 5.69 Å². The van der Waals surface area contributed by atoms with Gasteiger partial charge in [-0.3, -0.25) is 13.9 Å². The molecule has 0 aromatic heterocycles. The number of benzene rings is 3. The first-order chi connectivity index (χ1) is 18.8. The van der Waals surface area contributed by atoms with Gasteiger partial charge in [0.1, 0.15) is 12.6 Å². The second-order valence-corrected chi connectivity index (χ2v) is 12.6. The van der Waals surface area contributed by atoms with E-state index < -0.39 is 28.5 Å². The van der Waals surface area contributed by atoms with Gasteiger partial charge in [0.05, 0.1) is 10.6 Å². The molecule has 3 rings (SSSR count). The van der Waals surface area contributed by atoms with Crippen LogP contribution in [0.5, 0.6) is 0 Å². The van der Waals surface area contributed by atoms with Gasteiger partial charge in [0.15, 0.2) is 0 Å². The van der Waals surface area contributed by atoms with E-state index in [1.807, 2.05) is 59.7 Å². The third-order valence-corrected chi connectivity index (χ3v) is 8.78. The third kappa shape index (κ3) is 7.43. The van der Waals surface area contributed by atoms with Crippen molar-refractivity contribution in [2.24, 2.45) is 0 Å². The Morgan fingerprint density at radius 1 is 0.925 bits per heavy atom. The van der Waals surface area contributed by atoms with E-state index in [1.54, 1.807) is 48.5 Å². The number of rotatable bonds is 11. The van der Waals surface area contributed by atoms with Crippen molar-refractivity contribution in [2.45, 2.75) is 71.5 Å². The topological polar surface area (TPSA) is 86.8 Å². The van der Waals surface area contributed by atoms with Crippen LogP contribution >= 0.6 is 11.6 Å². The monoisotopic (exact) mass is 583 g/mol. The number of aryl methyl sites for hydroxylation is 3. The molecular weight excluding hydrogens is 546 g/mol. The highest BCUT2D eigenvalue weighted by molar-refractivity contribution is 7.92. The van der Waals surface area contributed by atoms with Gasteiger partial charge in [0, 0.05) is 17.6 Å². The Kier molecular flexibility index (Phi) is 10.4. The second kappa shape index (κ2) is 13.3. The Bertz CT molecular complexity index is 1460. The van der Waals surface area contributed by atoms with Gasteiger partial charge >= 0.3 is 0 Å². The van der Waals surface area contributed by atoms with Gasteiger partial charge < -0.3 is 10.2 Å². The number of sulfonamides is 1. The van der Waals surface area contributed by atoms with Crippen molar-refractivity contribution in [1.29, 1.82) is 0 Å². The van der Waals surface area contributed by atoms with E-state index >= 15 is 0 Å². The summed E-state index contributed by atoms with van der Waals surface area (Å²) >= 11 is 6.45. The zero-order valence-corrected chi connectivity index (χ0v) is 25.5. The van der Waals surface area contributed by atoms with Crippen LogP contribution in [-0.2, 0) is 26.2 Å². The summed E-state index contributed by atoms with van der Waals surface area (Å²) in [6.07, 6.45) is 0.336.